The fourth-order valence-electron chi connectivity index (χ4n) is 2.05. The fraction of sp³-hybridized carbons (Fsp3) is 0.190. The van der Waals surface area contributed by atoms with Gasteiger partial charge >= 0.3 is 6.16 Å². The molecule has 0 saturated heterocycles. The largest absolute Gasteiger partial charge is 0.508 e. The standard InChI is InChI=1S/C21H20Cl2O3/c22-19-11-7-17(8-12-19)5-1-3-15-25-21(24)26-16-4-2-6-18-9-13-20(23)14-10-18/h1-2,5-14H,3-4,15-16H2/b5-1+,6-2+. The maximum absolute atomic E-state index is 11.5. The molecule has 0 aliphatic rings. The van der Waals surface area contributed by atoms with Crippen LogP contribution in [0.25, 0.3) is 12.2 Å². The molecule has 136 valence electrons. The maximum atomic E-state index is 11.5. The smallest absolute Gasteiger partial charge is 0.434 e. The molecule has 0 heterocycles. The molecule has 2 rings (SSSR count). The Balaban J connectivity index is 1.54. The van der Waals surface area contributed by atoms with Crippen LogP contribution in [0.3, 0.4) is 0 Å². The zero-order chi connectivity index (χ0) is 18.6. The van der Waals surface area contributed by atoms with E-state index in [1.165, 1.54) is 0 Å². The summed E-state index contributed by atoms with van der Waals surface area (Å²) in [5.41, 5.74) is 2.09. The van der Waals surface area contributed by atoms with Crippen molar-refractivity contribution in [3.8, 4) is 0 Å². The average Bonchev–Trinajstić information content (AvgIpc) is 2.64. The van der Waals surface area contributed by atoms with Gasteiger partial charge in [-0.05, 0) is 35.4 Å². The lowest BCUT2D eigenvalue weighted by Gasteiger charge is -2.03. The van der Waals surface area contributed by atoms with Gasteiger partial charge in [0.15, 0.2) is 0 Å². The van der Waals surface area contributed by atoms with E-state index in [0.29, 0.717) is 22.9 Å². The molecule has 0 atom stereocenters. The van der Waals surface area contributed by atoms with E-state index in [4.69, 9.17) is 32.7 Å². The van der Waals surface area contributed by atoms with Crippen LogP contribution in [0.4, 0.5) is 4.79 Å². The van der Waals surface area contributed by atoms with Crippen molar-refractivity contribution in [1.82, 2.24) is 0 Å². The van der Waals surface area contributed by atoms with E-state index in [-0.39, 0.29) is 13.2 Å². The van der Waals surface area contributed by atoms with Crippen molar-refractivity contribution >= 4 is 41.5 Å². The van der Waals surface area contributed by atoms with Crippen LogP contribution in [0.5, 0.6) is 0 Å². The van der Waals surface area contributed by atoms with Gasteiger partial charge in [-0.15, -0.1) is 0 Å². The Morgan fingerprint density at radius 1 is 0.731 bits per heavy atom. The molecule has 26 heavy (non-hydrogen) atoms. The molecular weight excluding hydrogens is 371 g/mol. The Morgan fingerprint density at radius 3 is 1.50 bits per heavy atom. The second kappa shape index (κ2) is 11.4. The van der Waals surface area contributed by atoms with Crippen molar-refractivity contribution in [1.29, 1.82) is 0 Å². The number of rotatable bonds is 8. The molecule has 0 aromatic heterocycles. The normalized spacial score (nSPS) is 11.2. The average molecular weight is 391 g/mol. The van der Waals surface area contributed by atoms with Crippen LogP contribution in [0.2, 0.25) is 10.0 Å². The zero-order valence-corrected chi connectivity index (χ0v) is 15.7. The summed E-state index contributed by atoms with van der Waals surface area (Å²) in [5, 5.41) is 1.41. The molecule has 3 nitrogen and oxygen atoms in total. The number of halogens is 2. The molecule has 0 bridgehead atoms. The molecule has 2 aromatic carbocycles. The van der Waals surface area contributed by atoms with Crippen LogP contribution in [0.15, 0.2) is 60.7 Å². The van der Waals surface area contributed by atoms with Gasteiger partial charge in [-0.25, -0.2) is 4.79 Å². The highest BCUT2D eigenvalue weighted by Gasteiger charge is 2.01. The van der Waals surface area contributed by atoms with Gasteiger partial charge < -0.3 is 9.47 Å². The summed E-state index contributed by atoms with van der Waals surface area (Å²) in [5.74, 6) is 0. The van der Waals surface area contributed by atoms with Crippen molar-refractivity contribution in [2.45, 2.75) is 12.8 Å². The summed E-state index contributed by atoms with van der Waals surface area (Å²) in [6.45, 7) is 0.563. The predicted molar refractivity (Wildman–Crippen MR) is 108 cm³/mol. The highest BCUT2D eigenvalue weighted by atomic mass is 35.5. The number of hydrogen-bond donors (Lipinski definition) is 0. The van der Waals surface area contributed by atoms with Gasteiger partial charge in [0, 0.05) is 22.9 Å². The van der Waals surface area contributed by atoms with Crippen molar-refractivity contribution in [2.75, 3.05) is 13.2 Å². The molecule has 0 aliphatic heterocycles. The maximum Gasteiger partial charge on any atom is 0.508 e. The third-order valence-electron chi connectivity index (χ3n) is 3.37. The quantitative estimate of drug-likeness (QED) is 0.373. The molecule has 5 heteroatoms. The summed E-state index contributed by atoms with van der Waals surface area (Å²) in [4.78, 5) is 11.5. The number of hydrogen-bond acceptors (Lipinski definition) is 3. The van der Waals surface area contributed by atoms with Gasteiger partial charge in [0.1, 0.15) is 0 Å². The molecule has 0 aliphatic carbocycles. The molecule has 0 radical (unpaired) electrons. The van der Waals surface area contributed by atoms with Crippen molar-refractivity contribution < 1.29 is 14.3 Å². The van der Waals surface area contributed by atoms with Crippen molar-refractivity contribution in [3.05, 3.63) is 81.9 Å². The lowest BCUT2D eigenvalue weighted by molar-refractivity contribution is 0.0578. The van der Waals surface area contributed by atoms with E-state index >= 15 is 0 Å². The Hall–Kier alpha value is -2.23. The van der Waals surface area contributed by atoms with E-state index < -0.39 is 6.16 Å². The molecule has 0 saturated carbocycles. The third kappa shape index (κ3) is 8.24. The second-order valence-electron chi connectivity index (χ2n) is 5.43. The lowest BCUT2D eigenvalue weighted by Crippen LogP contribution is -2.08. The Kier molecular flexibility index (Phi) is 8.81. The summed E-state index contributed by atoms with van der Waals surface area (Å²) in [6.07, 6.45) is 8.36. The minimum atomic E-state index is -0.648. The highest BCUT2D eigenvalue weighted by Crippen LogP contribution is 2.11. The van der Waals surface area contributed by atoms with Crippen molar-refractivity contribution in [3.63, 3.8) is 0 Å². The zero-order valence-electron chi connectivity index (χ0n) is 14.2. The SMILES string of the molecule is O=C(OCC/C=C/c1ccc(Cl)cc1)OCC/C=C/c1ccc(Cl)cc1. The topological polar surface area (TPSA) is 35.5 Å². The molecule has 0 unspecified atom stereocenters. The molecule has 0 spiro atoms. The van der Waals surface area contributed by atoms with Crippen LogP contribution >= 0.6 is 23.2 Å². The first-order valence-electron chi connectivity index (χ1n) is 8.27. The monoisotopic (exact) mass is 390 g/mol. The first kappa shape index (κ1) is 20.1. The molecular formula is C21H20Cl2O3. The highest BCUT2D eigenvalue weighted by molar-refractivity contribution is 6.30. The van der Waals surface area contributed by atoms with E-state index in [0.717, 1.165) is 11.1 Å². The minimum Gasteiger partial charge on any atom is -0.434 e. The molecule has 2 aromatic rings. The van der Waals surface area contributed by atoms with Crippen LogP contribution in [0, 0.1) is 0 Å². The van der Waals surface area contributed by atoms with Crippen LogP contribution in [-0.2, 0) is 9.47 Å². The number of carbonyl (C=O) groups excluding carboxylic acids is 1. The van der Waals surface area contributed by atoms with E-state index in [2.05, 4.69) is 0 Å². The van der Waals surface area contributed by atoms with Gasteiger partial charge in [-0.1, -0.05) is 71.8 Å². The number of ether oxygens (including phenoxy) is 2. The van der Waals surface area contributed by atoms with Gasteiger partial charge in [0.05, 0.1) is 13.2 Å². The van der Waals surface area contributed by atoms with Crippen molar-refractivity contribution in [2.24, 2.45) is 0 Å². The van der Waals surface area contributed by atoms with Crippen LogP contribution in [-0.4, -0.2) is 19.4 Å². The van der Waals surface area contributed by atoms with Gasteiger partial charge in [0.25, 0.3) is 0 Å². The molecule has 0 amide bonds. The number of benzene rings is 2. The van der Waals surface area contributed by atoms with E-state index in [9.17, 15) is 4.79 Å². The fourth-order valence-corrected chi connectivity index (χ4v) is 2.30. The molecule has 0 N–H and O–H groups in total. The summed E-state index contributed by atoms with van der Waals surface area (Å²) >= 11 is 11.6. The summed E-state index contributed by atoms with van der Waals surface area (Å²) in [6, 6.07) is 15.0. The lowest BCUT2D eigenvalue weighted by atomic mass is 10.2. The minimum absolute atomic E-state index is 0.281. The second-order valence-corrected chi connectivity index (χ2v) is 6.30. The van der Waals surface area contributed by atoms with Gasteiger partial charge in [-0.2, -0.15) is 0 Å². The Morgan fingerprint density at radius 2 is 1.12 bits per heavy atom. The first-order valence-corrected chi connectivity index (χ1v) is 9.03. The van der Waals surface area contributed by atoms with Gasteiger partial charge in [0.2, 0.25) is 0 Å². The van der Waals surface area contributed by atoms with E-state index in [1.54, 1.807) is 0 Å². The number of carbonyl (C=O) groups is 1. The summed E-state index contributed by atoms with van der Waals surface area (Å²) < 4.78 is 10.0. The van der Waals surface area contributed by atoms with Crippen LogP contribution < -0.4 is 0 Å². The molecule has 0 fully saturated rings. The van der Waals surface area contributed by atoms with Crippen LogP contribution in [0.1, 0.15) is 24.0 Å². The Labute approximate surface area is 163 Å². The summed E-state index contributed by atoms with van der Waals surface area (Å²) in [7, 11) is 0. The third-order valence-corrected chi connectivity index (χ3v) is 3.87. The first-order chi connectivity index (χ1) is 12.6. The van der Waals surface area contributed by atoms with Gasteiger partial charge in [-0.3, -0.25) is 0 Å². The Bertz CT molecular complexity index is 671. The predicted octanol–water partition coefficient (Wildman–Crippen LogP) is 6.65. The van der Waals surface area contributed by atoms with E-state index in [1.807, 2.05) is 72.8 Å².